The molecule has 0 aliphatic carbocycles. The van der Waals surface area contributed by atoms with E-state index >= 15 is 0 Å². The molecule has 0 aromatic heterocycles. The summed E-state index contributed by atoms with van der Waals surface area (Å²) in [6.07, 6.45) is 3.00. The SMILES string of the molecule is COc1ccc(/C=C/C(=O)OCc2ccccc2)c(Oc2ccccc2)c1OC. The van der Waals surface area contributed by atoms with Crippen molar-refractivity contribution in [1.82, 2.24) is 0 Å². The van der Waals surface area contributed by atoms with Crippen LogP contribution in [0.25, 0.3) is 6.08 Å². The second kappa shape index (κ2) is 9.99. The third-order valence-electron chi connectivity index (χ3n) is 4.12. The highest BCUT2D eigenvalue weighted by Crippen LogP contribution is 2.42. The van der Waals surface area contributed by atoms with Gasteiger partial charge >= 0.3 is 5.97 Å². The molecule has 0 amide bonds. The monoisotopic (exact) mass is 390 g/mol. The van der Waals surface area contributed by atoms with Crippen molar-refractivity contribution in [3.05, 3.63) is 90.0 Å². The van der Waals surface area contributed by atoms with Crippen molar-refractivity contribution in [2.45, 2.75) is 6.61 Å². The fraction of sp³-hybridized carbons (Fsp3) is 0.125. The predicted octanol–water partition coefficient (Wildman–Crippen LogP) is 5.25. The van der Waals surface area contributed by atoms with Gasteiger partial charge in [0.05, 0.1) is 14.2 Å². The highest BCUT2D eigenvalue weighted by molar-refractivity contribution is 5.88. The highest BCUT2D eigenvalue weighted by Gasteiger charge is 2.16. The zero-order chi connectivity index (χ0) is 20.5. The Morgan fingerprint density at radius 2 is 1.52 bits per heavy atom. The lowest BCUT2D eigenvalue weighted by Gasteiger charge is -2.16. The number of rotatable bonds is 8. The number of methoxy groups -OCH3 is 2. The van der Waals surface area contributed by atoms with E-state index in [9.17, 15) is 4.79 Å². The molecular formula is C24H22O5. The Bertz CT molecular complexity index is 965. The molecule has 0 atom stereocenters. The Balaban J connectivity index is 1.81. The molecule has 0 fully saturated rings. The molecule has 0 spiro atoms. The fourth-order valence-corrected chi connectivity index (χ4v) is 2.69. The van der Waals surface area contributed by atoms with Crippen molar-refractivity contribution in [2.24, 2.45) is 0 Å². The Labute approximate surface area is 170 Å². The zero-order valence-electron chi connectivity index (χ0n) is 16.3. The second-order valence-corrected chi connectivity index (χ2v) is 6.06. The number of benzene rings is 3. The first-order valence-corrected chi connectivity index (χ1v) is 9.08. The normalized spacial score (nSPS) is 10.6. The van der Waals surface area contributed by atoms with Crippen molar-refractivity contribution < 1.29 is 23.7 Å². The van der Waals surface area contributed by atoms with Gasteiger partial charge in [-0.05, 0) is 35.9 Å². The molecule has 5 heteroatoms. The van der Waals surface area contributed by atoms with E-state index in [1.54, 1.807) is 25.3 Å². The summed E-state index contributed by atoms with van der Waals surface area (Å²) in [6, 6.07) is 22.4. The van der Waals surface area contributed by atoms with Gasteiger partial charge < -0.3 is 18.9 Å². The van der Waals surface area contributed by atoms with E-state index in [-0.39, 0.29) is 6.61 Å². The van der Waals surface area contributed by atoms with Crippen molar-refractivity contribution in [3.8, 4) is 23.0 Å². The van der Waals surface area contributed by atoms with E-state index in [1.165, 1.54) is 13.2 Å². The maximum Gasteiger partial charge on any atom is 0.331 e. The maximum absolute atomic E-state index is 12.1. The molecule has 0 saturated carbocycles. The molecule has 3 rings (SSSR count). The standard InChI is InChI=1S/C24H22O5/c1-26-21-15-13-19(14-16-22(25)28-17-18-9-5-3-6-10-18)23(24(21)27-2)29-20-11-7-4-8-12-20/h3-16H,17H2,1-2H3/b16-14+. The number of hydrogen-bond acceptors (Lipinski definition) is 5. The lowest BCUT2D eigenvalue weighted by molar-refractivity contribution is -0.138. The molecule has 0 unspecified atom stereocenters. The molecule has 3 aromatic rings. The van der Waals surface area contributed by atoms with Gasteiger partial charge in [0.1, 0.15) is 12.4 Å². The number of hydrogen-bond donors (Lipinski definition) is 0. The van der Waals surface area contributed by atoms with E-state index in [2.05, 4.69) is 0 Å². The minimum absolute atomic E-state index is 0.212. The average molecular weight is 390 g/mol. The number of para-hydroxylation sites is 1. The van der Waals surface area contributed by atoms with Gasteiger partial charge in [-0.2, -0.15) is 0 Å². The molecule has 0 saturated heterocycles. The summed E-state index contributed by atoms with van der Waals surface area (Å²) in [4.78, 5) is 12.1. The van der Waals surface area contributed by atoms with Crippen LogP contribution in [0.2, 0.25) is 0 Å². The van der Waals surface area contributed by atoms with E-state index in [1.807, 2.05) is 60.7 Å². The van der Waals surface area contributed by atoms with Crippen molar-refractivity contribution in [3.63, 3.8) is 0 Å². The summed E-state index contributed by atoms with van der Waals surface area (Å²) in [5.41, 5.74) is 1.58. The molecule has 0 bridgehead atoms. The Kier molecular flexibility index (Phi) is 6.90. The molecule has 3 aromatic carbocycles. The van der Waals surface area contributed by atoms with Crippen LogP contribution in [0.1, 0.15) is 11.1 Å². The zero-order valence-corrected chi connectivity index (χ0v) is 16.3. The number of esters is 1. The number of carbonyl (C=O) groups excluding carboxylic acids is 1. The largest absolute Gasteiger partial charge is 0.493 e. The van der Waals surface area contributed by atoms with Gasteiger partial charge in [0.2, 0.25) is 5.75 Å². The average Bonchev–Trinajstić information content (AvgIpc) is 2.77. The quantitative estimate of drug-likeness (QED) is 0.388. The van der Waals surface area contributed by atoms with Crippen LogP contribution in [0.3, 0.4) is 0 Å². The smallest absolute Gasteiger partial charge is 0.331 e. The molecular weight excluding hydrogens is 368 g/mol. The van der Waals surface area contributed by atoms with Crippen LogP contribution in [0.15, 0.2) is 78.9 Å². The molecule has 5 nitrogen and oxygen atoms in total. The third-order valence-corrected chi connectivity index (χ3v) is 4.12. The summed E-state index contributed by atoms with van der Waals surface area (Å²) in [7, 11) is 3.10. The van der Waals surface area contributed by atoms with Crippen LogP contribution < -0.4 is 14.2 Å². The van der Waals surface area contributed by atoms with Crippen molar-refractivity contribution >= 4 is 12.0 Å². The molecule has 148 valence electrons. The van der Waals surface area contributed by atoms with Crippen LogP contribution in [-0.4, -0.2) is 20.2 Å². The Morgan fingerprint density at radius 3 is 2.17 bits per heavy atom. The van der Waals surface area contributed by atoms with Gasteiger partial charge in [-0.15, -0.1) is 0 Å². The maximum atomic E-state index is 12.1. The Morgan fingerprint density at radius 1 is 0.828 bits per heavy atom. The van der Waals surface area contributed by atoms with Crippen LogP contribution >= 0.6 is 0 Å². The number of ether oxygens (including phenoxy) is 4. The first-order chi connectivity index (χ1) is 14.2. The van der Waals surface area contributed by atoms with Gasteiger partial charge in [0, 0.05) is 11.6 Å². The first kappa shape index (κ1) is 20.0. The molecule has 29 heavy (non-hydrogen) atoms. The molecule has 0 radical (unpaired) electrons. The van der Waals surface area contributed by atoms with E-state index in [0.29, 0.717) is 28.6 Å². The third kappa shape index (κ3) is 5.39. The van der Waals surface area contributed by atoms with E-state index in [4.69, 9.17) is 18.9 Å². The van der Waals surface area contributed by atoms with Gasteiger partial charge in [-0.25, -0.2) is 4.79 Å². The summed E-state index contributed by atoms with van der Waals surface area (Å²) >= 11 is 0. The molecule has 0 aliphatic rings. The molecule has 0 aliphatic heterocycles. The van der Waals surface area contributed by atoms with Gasteiger partial charge in [0.25, 0.3) is 0 Å². The van der Waals surface area contributed by atoms with Gasteiger partial charge in [-0.1, -0.05) is 48.5 Å². The summed E-state index contributed by atoms with van der Waals surface area (Å²) < 4.78 is 22.2. The summed E-state index contributed by atoms with van der Waals surface area (Å²) in [5.74, 6) is 1.61. The van der Waals surface area contributed by atoms with E-state index in [0.717, 1.165) is 5.56 Å². The molecule has 0 heterocycles. The minimum Gasteiger partial charge on any atom is -0.493 e. The predicted molar refractivity (Wildman–Crippen MR) is 111 cm³/mol. The minimum atomic E-state index is -0.450. The van der Waals surface area contributed by atoms with Crippen LogP contribution in [0, 0.1) is 0 Å². The summed E-state index contributed by atoms with van der Waals surface area (Å²) in [6.45, 7) is 0.212. The van der Waals surface area contributed by atoms with Crippen LogP contribution in [-0.2, 0) is 16.1 Å². The van der Waals surface area contributed by atoms with Crippen LogP contribution in [0.5, 0.6) is 23.0 Å². The lowest BCUT2D eigenvalue weighted by atomic mass is 10.1. The van der Waals surface area contributed by atoms with Crippen molar-refractivity contribution in [2.75, 3.05) is 14.2 Å². The Hall–Kier alpha value is -3.73. The highest BCUT2D eigenvalue weighted by atomic mass is 16.5. The van der Waals surface area contributed by atoms with Crippen molar-refractivity contribution in [1.29, 1.82) is 0 Å². The fourth-order valence-electron chi connectivity index (χ4n) is 2.69. The summed E-state index contributed by atoms with van der Waals surface area (Å²) in [5, 5.41) is 0. The first-order valence-electron chi connectivity index (χ1n) is 9.08. The lowest BCUT2D eigenvalue weighted by Crippen LogP contribution is -2.01. The van der Waals surface area contributed by atoms with Gasteiger partial charge in [0.15, 0.2) is 11.5 Å². The second-order valence-electron chi connectivity index (χ2n) is 6.06. The molecule has 0 N–H and O–H groups in total. The van der Waals surface area contributed by atoms with E-state index < -0.39 is 5.97 Å². The topological polar surface area (TPSA) is 54.0 Å². The van der Waals surface area contributed by atoms with Crippen LogP contribution in [0.4, 0.5) is 0 Å². The van der Waals surface area contributed by atoms with Gasteiger partial charge in [-0.3, -0.25) is 0 Å². The number of carbonyl (C=O) groups is 1.